The molecule has 2 aromatic carbocycles. The fourth-order valence-corrected chi connectivity index (χ4v) is 3.62. The second-order valence-electron chi connectivity index (χ2n) is 4.91. The average molecular weight is 375 g/mol. The van der Waals surface area contributed by atoms with Gasteiger partial charge in [-0.15, -0.1) is 10.2 Å². The standard InChI is InChI=1S/C17H14FN3O2S2/c18-13-8-4-5-9-14(13)23-10-15(22)19-16-20-21-17(25-16)24-11-12-6-2-1-3-7-12/h1-9H,10-11H2,(H,19,20,22). The van der Waals surface area contributed by atoms with Crippen LogP contribution < -0.4 is 10.1 Å². The highest BCUT2D eigenvalue weighted by Gasteiger charge is 2.10. The van der Waals surface area contributed by atoms with Crippen molar-refractivity contribution in [1.29, 1.82) is 0 Å². The van der Waals surface area contributed by atoms with Crippen molar-refractivity contribution >= 4 is 34.1 Å². The third-order valence-corrected chi connectivity index (χ3v) is 5.10. The first kappa shape index (κ1) is 17.4. The van der Waals surface area contributed by atoms with Crippen molar-refractivity contribution in [2.24, 2.45) is 0 Å². The maximum absolute atomic E-state index is 13.4. The Morgan fingerprint density at radius 1 is 1.12 bits per heavy atom. The van der Waals surface area contributed by atoms with Gasteiger partial charge in [0, 0.05) is 5.75 Å². The summed E-state index contributed by atoms with van der Waals surface area (Å²) in [5, 5.41) is 10.9. The molecule has 0 unspecified atom stereocenters. The molecule has 0 saturated carbocycles. The van der Waals surface area contributed by atoms with E-state index < -0.39 is 11.7 Å². The summed E-state index contributed by atoms with van der Waals surface area (Å²) >= 11 is 2.83. The second kappa shape index (κ2) is 8.59. The number of benzene rings is 2. The van der Waals surface area contributed by atoms with Crippen molar-refractivity contribution in [3.63, 3.8) is 0 Å². The number of hydrogen-bond acceptors (Lipinski definition) is 6. The molecule has 0 radical (unpaired) electrons. The fourth-order valence-electron chi connectivity index (χ4n) is 1.90. The number of hydrogen-bond donors (Lipinski definition) is 1. The highest BCUT2D eigenvalue weighted by Crippen LogP contribution is 2.28. The summed E-state index contributed by atoms with van der Waals surface area (Å²) in [7, 11) is 0. The van der Waals surface area contributed by atoms with Crippen molar-refractivity contribution in [3.8, 4) is 5.75 Å². The minimum Gasteiger partial charge on any atom is -0.481 e. The summed E-state index contributed by atoms with van der Waals surface area (Å²) in [6.07, 6.45) is 0. The summed E-state index contributed by atoms with van der Waals surface area (Å²) < 4.78 is 19.3. The zero-order chi connectivity index (χ0) is 17.5. The van der Waals surface area contributed by atoms with Gasteiger partial charge in [0.1, 0.15) is 0 Å². The number of carbonyl (C=O) groups is 1. The number of amides is 1. The molecule has 8 heteroatoms. The van der Waals surface area contributed by atoms with Gasteiger partial charge in [-0.2, -0.15) is 0 Å². The summed E-state index contributed by atoms with van der Waals surface area (Å²) in [5.74, 6) is -0.112. The monoisotopic (exact) mass is 375 g/mol. The fraction of sp³-hybridized carbons (Fsp3) is 0.118. The van der Waals surface area contributed by atoms with Gasteiger partial charge in [0.2, 0.25) is 5.13 Å². The lowest BCUT2D eigenvalue weighted by atomic mass is 10.2. The molecule has 1 amide bonds. The molecule has 0 fully saturated rings. The number of anilines is 1. The summed E-state index contributed by atoms with van der Waals surface area (Å²) in [6, 6.07) is 15.9. The maximum Gasteiger partial charge on any atom is 0.264 e. The van der Waals surface area contributed by atoms with Crippen LogP contribution in [0.2, 0.25) is 0 Å². The SMILES string of the molecule is O=C(COc1ccccc1F)Nc1nnc(SCc2ccccc2)s1. The van der Waals surface area contributed by atoms with Gasteiger partial charge < -0.3 is 4.74 Å². The van der Waals surface area contributed by atoms with Gasteiger partial charge in [-0.3, -0.25) is 10.1 Å². The van der Waals surface area contributed by atoms with Gasteiger partial charge in [-0.25, -0.2) is 4.39 Å². The van der Waals surface area contributed by atoms with Crippen LogP contribution in [-0.4, -0.2) is 22.7 Å². The second-order valence-corrected chi connectivity index (χ2v) is 7.11. The molecule has 3 rings (SSSR count). The number of nitrogens with zero attached hydrogens (tertiary/aromatic N) is 2. The van der Waals surface area contributed by atoms with Crippen LogP contribution in [0.5, 0.6) is 5.75 Å². The van der Waals surface area contributed by atoms with E-state index in [2.05, 4.69) is 15.5 Å². The van der Waals surface area contributed by atoms with E-state index in [1.54, 1.807) is 23.9 Å². The molecule has 0 saturated heterocycles. The lowest BCUT2D eigenvalue weighted by Crippen LogP contribution is -2.20. The van der Waals surface area contributed by atoms with Gasteiger partial charge >= 0.3 is 0 Å². The minimum atomic E-state index is -0.509. The van der Waals surface area contributed by atoms with E-state index in [4.69, 9.17) is 4.74 Å². The number of para-hydroxylation sites is 1. The van der Waals surface area contributed by atoms with Gasteiger partial charge in [-0.1, -0.05) is 65.6 Å². The van der Waals surface area contributed by atoms with Gasteiger partial charge in [0.25, 0.3) is 5.91 Å². The van der Waals surface area contributed by atoms with Crippen LogP contribution in [-0.2, 0) is 10.5 Å². The Labute approximate surface area is 152 Å². The highest BCUT2D eigenvalue weighted by atomic mass is 32.2. The molecule has 3 aromatic rings. The van der Waals surface area contributed by atoms with E-state index >= 15 is 0 Å². The van der Waals surface area contributed by atoms with Crippen molar-refractivity contribution < 1.29 is 13.9 Å². The van der Waals surface area contributed by atoms with Crippen molar-refractivity contribution in [1.82, 2.24) is 10.2 Å². The minimum absolute atomic E-state index is 0.0361. The molecule has 0 bridgehead atoms. The molecule has 1 heterocycles. The summed E-state index contributed by atoms with van der Waals surface area (Å²) in [5.41, 5.74) is 1.19. The first-order valence-corrected chi connectivity index (χ1v) is 9.18. The van der Waals surface area contributed by atoms with Crippen LogP contribution in [0, 0.1) is 5.82 Å². The van der Waals surface area contributed by atoms with Crippen molar-refractivity contribution in [3.05, 3.63) is 66.0 Å². The molecular formula is C17H14FN3O2S2. The largest absolute Gasteiger partial charge is 0.481 e. The molecule has 128 valence electrons. The van der Waals surface area contributed by atoms with Crippen LogP contribution in [0.15, 0.2) is 58.9 Å². The first-order valence-electron chi connectivity index (χ1n) is 7.38. The zero-order valence-corrected chi connectivity index (χ0v) is 14.6. The topological polar surface area (TPSA) is 64.1 Å². The maximum atomic E-state index is 13.4. The van der Waals surface area contributed by atoms with E-state index in [0.29, 0.717) is 5.13 Å². The quantitative estimate of drug-likeness (QED) is 0.500. The van der Waals surface area contributed by atoms with Gasteiger partial charge in [-0.05, 0) is 17.7 Å². The number of rotatable bonds is 7. The summed E-state index contributed by atoms with van der Waals surface area (Å²) in [4.78, 5) is 11.9. The number of aromatic nitrogens is 2. The van der Waals surface area contributed by atoms with E-state index in [1.807, 2.05) is 30.3 Å². The lowest BCUT2D eigenvalue weighted by Gasteiger charge is -2.05. The van der Waals surface area contributed by atoms with Crippen molar-refractivity contribution in [2.45, 2.75) is 10.1 Å². The normalized spacial score (nSPS) is 10.4. The molecular weight excluding hydrogens is 361 g/mol. The van der Waals surface area contributed by atoms with Crippen LogP contribution in [0.4, 0.5) is 9.52 Å². The Morgan fingerprint density at radius 3 is 2.68 bits per heavy atom. The molecule has 0 aliphatic rings. The smallest absolute Gasteiger partial charge is 0.264 e. The predicted octanol–water partition coefficient (Wildman–Crippen LogP) is 3.99. The van der Waals surface area contributed by atoms with E-state index in [1.165, 1.54) is 29.0 Å². The molecule has 0 spiro atoms. The molecule has 5 nitrogen and oxygen atoms in total. The van der Waals surface area contributed by atoms with E-state index in [9.17, 15) is 9.18 Å². The van der Waals surface area contributed by atoms with Crippen LogP contribution in [0.1, 0.15) is 5.56 Å². The number of nitrogens with one attached hydrogen (secondary N) is 1. The molecule has 0 aliphatic heterocycles. The van der Waals surface area contributed by atoms with Crippen LogP contribution in [0.25, 0.3) is 0 Å². The first-order chi connectivity index (χ1) is 12.2. The third kappa shape index (κ3) is 5.27. The molecule has 25 heavy (non-hydrogen) atoms. The van der Waals surface area contributed by atoms with Gasteiger partial charge in [0.05, 0.1) is 0 Å². The van der Waals surface area contributed by atoms with E-state index in [-0.39, 0.29) is 12.4 Å². The molecule has 0 aliphatic carbocycles. The molecule has 1 aromatic heterocycles. The number of carbonyl (C=O) groups excluding carboxylic acids is 1. The summed E-state index contributed by atoms with van der Waals surface area (Å²) in [6.45, 7) is -0.299. The molecule has 0 atom stereocenters. The van der Waals surface area contributed by atoms with Crippen LogP contribution >= 0.6 is 23.1 Å². The van der Waals surface area contributed by atoms with Crippen molar-refractivity contribution in [2.75, 3.05) is 11.9 Å². The lowest BCUT2D eigenvalue weighted by molar-refractivity contribution is -0.118. The molecule has 1 N–H and O–H groups in total. The Morgan fingerprint density at radius 2 is 1.88 bits per heavy atom. The van der Waals surface area contributed by atoms with Crippen LogP contribution in [0.3, 0.4) is 0 Å². The number of ether oxygens (including phenoxy) is 1. The Hall–Kier alpha value is -2.45. The number of halogens is 1. The predicted molar refractivity (Wildman–Crippen MR) is 96.4 cm³/mol. The number of thioether (sulfide) groups is 1. The zero-order valence-electron chi connectivity index (χ0n) is 13.0. The third-order valence-electron chi connectivity index (χ3n) is 3.05. The Balaban J connectivity index is 1.47. The highest BCUT2D eigenvalue weighted by molar-refractivity contribution is 8.00. The Kier molecular flexibility index (Phi) is 5.97. The Bertz CT molecular complexity index is 843. The van der Waals surface area contributed by atoms with Gasteiger partial charge in [0.15, 0.2) is 22.5 Å². The van der Waals surface area contributed by atoms with E-state index in [0.717, 1.165) is 10.1 Å². The average Bonchev–Trinajstić information content (AvgIpc) is 3.07.